The van der Waals surface area contributed by atoms with Crippen LogP contribution in [0.2, 0.25) is 5.02 Å². The molecule has 2 aliphatic heterocycles. The average Bonchev–Trinajstić information content (AvgIpc) is 3.33. The molecule has 3 aromatic rings. The van der Waals surface area contributed by atoms with Gasteiger partial charge < -0.3 is 14.3 Å². The molecule has 1 aromatic heterocycles. The summed E-state index contributed by atoms with van der Waals surface area (Å²) in [5.74, 6) is 1.49. The minimum Gasteiger partial charge on any atom is -0.368 e. The van der Waals surface area contributed by atoms with E-state index in [4.69, 9.17) is 16.1 Å². The van der Waals surface area contributed by atoms with E-state index in [1.165, 1.54) is 0 Å². The Morgan fingerprint density at radius 3 is 2.64 bits per heavy atom. The Morgan fingerprint density at radius 1 is 1.03 bits per heavy atom. The first-order valence-electron chi connectivity index (χ1n) is 11.6. The molecule has 7 nitrogen and oxygen atoms in total. The molecular formula is C25H28ClN5O2. The van der Waals surface area contributed by atoms with Crippen molar-refractivity contribution in [2.24, 2.45) is 5.92 Å². The molecule has 8 heteroatoms. The lowest BCUT2D eigenvalue weighted by molar-refractivity contribution is -0.137. The van der Waals surface area contributed by atoms with Crippen LogP contribution < -0.4 is 4.90 Å². The van der Waals surface area contributed by atoms with E-state index in [0.717, 1.165) is 68.4 Å². The molecule has 0 spiro atoms. The van der Waals surface area contributed by atoms with Crippen LogP contribution in [0.1, 0.15) is 18.7 Å². The highest BCUT2D eigenvalue weighted by Gasteiger charge is 2.31. The second-order valence-electron chi connectivity index (χ2n) is 8.74. The van der Waals surface area contributed by atoms with Gasteiger partial charge in [-0.2, -0.15) is 4.98 Å². The zero-order chi connectivity index (χ0) is 22.6. The number of rotatable bonds is 5. The number of halogens is 1. The highest BCUT2D eigenvalue weighted by Crippen LogP contribution is 2.24. The molecule has 1 amide bonds. The van der Waals surface area contributed by atoms with Gasteiger partial charge in [0.1, 0.15) is 0 Å². The Bertz CT molecular complexity index is 1080. The molecule has 172 valence electrons. The molecule has 2 aliphatic rings. The van der Waals surface area contributed by atoms with E-state index >= 15 is 0 Å². The first-order chi connectivity index (χ1) is 16.2. The van der Waals surface area contributed by atoms with Gasteiger partial charge in [-0.15, -0.1) is 0 Å². The number of amides is 1. The van der Waals surface area contributed by atoms with E-state index in [-0.39, 0.29) is 11.8 Å². The normalized spacial score (nSPS) is 19.6. The Labute approximate surface area is 198 Å². The van der Waals surface area contributed by atoms with Crippen LogP contribution in [0.4, 0.5) is 5.69 Å². The Morgan fingerprint density at radius 2 is 1.85 bits per heavy atom. The van der Waals surface area contributed by atoms with Crippen LogP contribution in [0, 0.1) is 5.92 Å². The molecule has 33 heavy (non-hydrogen) atoms. The van der Waals surface area contributed by atoms with Crippen molar-refractivity contribution in [3.8, 4) is 11.4 Å². The number of piperazine rings is 1. The molecule has 0 radical (unpaired) electrons. The molecule has 0 bridgehead atoms. The van der Waals surface area contributed by atoms with Gasteiger partial charge in [0.25, 0.3) is 0 Å². The van der Waals surface area contributed by atoms with E-state index in [1.54, 1.807) is 0 Å². The third-order valence-corrected chi connectivity index (χ3v) is 6.71. The fourth-order valence-electron chi connectivity index (χ4n) is 4.73. The molecular weight excluding hydrogens is 438 g/mol. The van der Waals surface area contributed by atoms with Crippen molar-refractivity contribution in [3.63, 3.8) is 0 Å². The lowest BCUT2D eigenvalue weighted by Gasteiger charge is -2.39. The van der Waals surface area contributed by atoms with E-state index in [2.05, 4.69) is 26.0 Å². The zero-order valence-corrected chi connectivity index (χ0v) is 19.3. The lowest BCUT2D eigenvalue weighted by atomic mass is 9.96. The summed E-state index contributed by atoms with van der Waals surface area (Å²) < 4.78 is 5.48. The van der Waals surface area contributed by atoms with Crippen molar-refractivity contribution >= 4 is 23.2 Å². The molecule has 3 heterocycles. The maximum Gasteiger partial charge on any atom is 0.241 e. The molecule has 1 atom stereocenters. The number of likely N-dealkylation sites (tertiary alicyclic amines) is 1. The maximum atomic E-state index is 13.2. The summed E-state index contributed by atoms with van der Waals surface area (Å²) in [5, 5.41) is 4.86. The number of hydrogen-bond donors (Lipinski definition) is 0. The van der Waals surface area contributed by atoms with Crippen molar-refractivity contribution in [3.05, 3.63) is 65.5 Å². The van der Waals surface area contributed by atoms with Crippen LogP contribution in [-0.2, 0) is 11.3 Å². The molecule has 5 rings (SSSR count). The van der Waals surface area contributed by atoms with Gasteiger partial charge in [-0.1, -0.05) is 53.2 Å². The van der Waals surface area contributed by atoms with Crippen molar-refractivity contribution in [2.75, 3.05) is 44.2 Å². The number of aromatic nitrogens is 2. The molecule has 0 N–H and O–H groups in total. The topological polar surface area (TPSA) is 65.7 Å². The summed E-state index contributed by atoms with van der Waals surface area (Å²) in [7, 11) is 0. The minimum absolute atomic E-state index is 0.0213. The van der Waals surface area contributed by atoms with Gasteiger partial charge in [-0.05, 0) is 37.6 Å². The first-order valence-corrected chi connectivity index (χ1v) is 11.9. The summed E-state index contributed by atoms with van der Waals surface area (Å²) in [6, 6.07) is 17.7. The van der Waals surface area contributed by atoms with Crippen molar-refractivity contribution < 1.29 is 9.32 Å². The summed E-state index contributed by atoms with van der Waals surface area (Å²) in [6.07, 6.45) is 1.93. The quantitative estimate of drug-likeness (QED) is 0.568. The Balaban J connectivity index is 1.15. The molecule has 2 saturated heterocycles. The van der Waals surface area contributed by atoms with Gasteiger partial charge >= 0.3 is 0 Å². The van der Waals surface area contributed by atoms with E-state index < -0.39 is 0 Å². The molecule has 2 fully saturated rings. The van der Waals surface area contributed by atoms with Crippen LogP contribution in [0.25, 0.3) is 11.4 Å². The van der Waals surface area contributed by atoms with Crippen LogP contribution in [-0.4, -0.2) is 65.1 Å². The molecule has 2 aromatic carbocycles. The standard InChI is InChI=1S/C25H28ClN5O2/c26-21-9-4-10-22(16-21)30-12-14-31(15-13-30)25(32)20-8-5-11-29(17-20)18-23-27-24(28-33-23)19-6-2-1-3-7-19/h1-4,6-7,9-10,16,20H,5,8,11-15,17-18H2. The van der Waals surface area contributed by atoms with Crippen LogP contribution in [0.3, 0.4) is 0 Å². The Kier molecular flexibility index (Phi) is 6.60. The number of carbonyl (C=O) groups excluding carboxylic acids is 1. The highest BCUT2D eigenvalue weighted by atomic mass is 35.5. The second kappa shape index (κ2) is 9.93. The van der Waals surface area contributed by atoms with E-state index in [0.29, 0.717) is 18.3 Å². The monoisotopic (exact) mass is 465 g/mol. The van der Waals surface area contributed by atoms with Crippen LogP contribution in [0.15, 0.2) is 59.1 Å². The van der Waals surface area contributed by atoms with Gasteiger partial charge in [0.05, 0.1) is 12.5 Å². The van der Waals surface area contributed by atoms with Crippen LogP contribution >= 0.6 is 11.6 Å². The summed E-state index contributed by atoms with van der Waals surface area (Å²) in [6.45, 7) is 5.38. The number of anilines is 1. The van der Waals surface area contributed by atoms with Gasteiger partial charge in [0.2, 0.25) is 17.6 Å². The fourth-order valence-corrected chi connectivity index (χ4v) is 4.92. The van der Waals surface area contributed by atoms with Gasteiger partial charge in [0, 0.05) is 49.0 Å². The van der Waals surface area contributed by atoms with Crippen molar-refractivity contribution in [1.29, 1.82) is 0 Å². The predicted molar refractivity (Wildman–Crippen MR) is 128 cm³/mol. The summed E-state index contributed by atoms with van der Waals surface area (Å²) in [4.78, 5) is 24.4. The fraction of sp³-hybridized carbons (Fsp3) is 0.400. The third kappa shape index (κ3) is 5.20. The molecule has 1 unspecified atom stereocenters. The van der Waals surface area contributed by atoms with E-state index in [1.807, 2.05) is 53.4 Å². The number of benzene rings is 2. The van der Waals surface area contributed by atoms with E-state index in [9.17, 15) is 4.79 Å². The second-order valence-corrected chi connectivity index (χ2v) is 9.18. The summed E-state index contributed by atoms with van der Waals surface area (Å²) >= 11 is 6.14. The smallest absolute Gasteiger partial charge is 0.241 e. The zero-order valence-electron chi connectivity index (χ0n) is 18.6. The SMILES string of the molecule is O=C(C1CCCN(Cc2nc(-c3ccccc3)no2)C1)N1CCN(c2cccc(Cl)c2)CC1. The van der Waals surface area contributed by atoms with Crippen molar-refractivity contribution in [2.45, 2.75) is 19.4 Å². The average molecular weight is 466 g/mol. The molecule has 0 aliphatic carbocycles. The van der Waals surface area contributed by atoms with Gasteiger partial charge in [0.15, 0.2) is 0 Å². The number of nitrogens with zero attached hydrogens (tertiary/aromatic N) is 5. The largest absolute Gasteiger partial charge is 0.368 e. The number of carbonyl (C=O) groups is 1. The van der Waals surface area contributed by atoms with Gasteiger partial charge in [-0.3, -0.25) is 9.69 Å². The highest BCUT2D eigenvalue weighted by molar-refractivity contribution is 6.30. The maximum absolute atomic E-state index is 13.2. The van der Waals surface area contributed by atoms with Crippen LogP contribution in [0.5, 0.6) is 0 Å². The first kappa shape index (κ1) is 21.9. The van der Waals surface area contributed by atoms with Gasteiger partial charge in [-0.25, -0.2) is 0 Å². The van der Waals surface area contributed by atoms with Crippen molar-refractivity contribution in [1.82, 2.24) is 19.9 Å². The predicted octanol–water partition coefficient (Wildman–Crippen LogP) is 3.95. The number of piperidine rings is 1. The number of hydrogen-bond acceptors (Lipinski definition) is 6. The minimum atomic E-state index is 0.0213. The Hall–Kier alpha value is -2.90. The third-order valence-electron chi connectivity index (χ3n) is 6.48. The molecule has 0 saturated carbocycles. The summed E-state index contributed by atoms with van der Waals surface area (Å²) in [5.41, 5.74) is 2.06. The lowest BCUT2D eigenvalue weighted by Crippen LogP contribution is -2.52.